The molecule has 1 aliphatic rings. The highest BCUT2D eigenvalue weighted by Crippen LogP contribution is 2.38. The van der Waals surface area contributed by atoms with Gasteiger partial charge in [-0.2, -0.15) is 13.2 Å². The first kappa shape index (κ1) is 26.5. The number of halogens is 4. The smallest absolute Gasteiger partial charge is 0.405 e. The van der Waals surface area contributed by atoms with E-state index in [1.54, 1.807) is 31.3 Å². The number of fused-ring (bicyclic) bond motifs is 1. The molecule has 0 radical (unpaired) electrons. The molecule has 1 atom stereocenters. The number of hydrogen-bond donors (Lipinski definition) is 4. The van der Waals surface area contributed by atoms with Gasteiger partial charge in [-0.05, 0) is 6.07 Å². The Morgan fingerprint density at radius 3 is 2.54 bits per heavy atom. The van der Waals surface area contributed by atoms with Crippen LogP contribution in [0.4, 0.5) is 23.9 Å². The van der Waals surface area contributed by atoms with Crippen molar-refractivity contribution < 1.29 is 22.7 Å². The zero-order valence-electron chi connectivity index (χ0n) is 19.1. The topological polar surface area (TPSA) is 127 Å². The summed E-state index contributed by atoms with van der Waals surface area (Å²) in [5.41, 5.74) is 2.03. The molecule has 0 spiro atoms. The summed E-state index contributed by atoms with van der Waals surface area (Å²) in [6, 6.07) is 15.5. The molecule has 0 saturated carbocycles. The first-order valence-corrected chi connectivity index (χ1v) is 12.9. The lowest BCUT2D eigenvalue weighted by molar-refractivity contribution is -0.137. The van der Waals surface area contributed by atoms with E-state index in [0.29, 0.717) is 32.9 Å². The number of amidine groups is 1. The molecule has 0 fully saturated rings. The third kappa shape index (κ3) is 5.90. The van der Waals surface area contributed by atoms with Crippen LogP contribution >= 0.6 is 33.9 Å². The fourth-order valence-electron chi connectivity index (χ4n) is 3.38. The fourth-order valence-corrected chi connectivity index (χ4v) is 4.84. The summed E-state index contributed by atoms with van der Waals surface area (Å²) in [7, 11) is 1.55. The van der Waals surface area contributed by atoms with Gasteiger partial charge < -0.3 is 20.3 Å². The second-order valence-corrected chi connectivity index (χ2v) is 9.33. The van der Waals surface area contributed by atoms with E-state index < -0.39 is 35.2 Å². The summed E-state index contributed by atoms with van der Waals surface area (Å²) in [6.45, 7) is 0. The van der Waals surface area contributed by atoms with Gasteiger partial charge in [-0.3, -0.25) is 15.6 Å². The summed E-state index contributed by atoms with van der Waals surface area (Å²) in [6.07, 6.45) is -6.02. The van der Waals surface area contributed by atoms with Crippen LogP contribution in [0.25, 0.3) is 0 Å². The molecule has 1 aliphatic heterocycles. The van der Waals surface area contributed by atoms with E-state index in [9.17, 15) is 18.0 Å². The molecule has 37 heavy (non-hydrogen) atoms. The van der Waals surface area contributed by atoms with E-state index in [2.05, 4.69) is 20.6 Å². The summed E-state index contributed by atoms with van der Waals surface area (Å²) in [4.78, 5) is 22.4. The minimum absolute atomic E-state index is 0.0616. The van der Waals surface area contributed by atoms with Gasteiger partial charge in [0.05, 0.1) is 16.0 Å². The van der Waals surface area contributed by atoms with E-state index in [-0.39, 0.29) is 10.7 Å². The van der Waals surface area contributed by atoms with Crippen molar-refractivity contribution in [2.75, 3.05) is 21.8 Å². The van der Waals surface area contributed by atoms with Crippen LogP contribution in [0.3, 0.4) is 0 Å². The van der Waals surface area contributed by atoms with Crippen molar-refractivity contribution in [3.8, 4) is 0 Å². The SMILES string of the molecule is CN(CI)c1sc(C(F)(F)F)nc1C(=N)OC(=N)N[C@H]1N=C(c2ccccc2)c2ccccc2NC1=O. The molecule has 2 heterocycles. The molecule has 0 bridgehead atoms. The maximum absolute atomic E-state index is 13.3. The van der Waals surface area contributed by atoms with Gasteiger partial charge in [-0.1, -0.05) is 82.5 Å². The molecule has 2 aromatic carbocycles. The van der Waals surface area contributed by atoms with E-state index in [4.69, 9.17) is 15.6 Å². The summed E-state index contributed by atoms with van der Waals surface area (Å²) < 4.78 is 45.3. The molecule has 192 valence electrons. The molecular formula is C23H19F3IN7O2S. The van der Waals surface area contributed by atoms with Crippen LogP contribution in [0.5, 0.6) is 0 Å². The van der Waals surface area contributed by atoms with Crippen LogP contribution in [-0.4, -0.2) is 46.3 Å². The Morgan fingerprint density at radius 2 is 1.86 bits per heavy atom. The van der Waals surface area contributed by atoms with E-state index in [0.717, 1.165) is 5.56 Å². The Balaban J connectivity index is 1.59. The number of rotatable bonds is 5. The van der Waals surface area contributed by atoms with Gasteiger partial charge in [0.1, 0.15) is 5.00 Å². The number of anilines is 2. The number of aliphatic imine (C=N–C) groups is 1. The number of nitrogens with zero attached hydrogens (tertiary/aromatic N) is 3. The second-order valence-electron chi connectivity index (χ2n) is 7.67. The maximum Gasteiger partial charge on any atom is 0.443 e. The molecule has 0 saturated heterocycles. The van der Waals surface area contributed by atoms with Crippen LogP contribution in [0.2, 0.25) is 0 Å². The Morgan fingerprint density at radius 1 is 1.19 bits per heavy atom. The third-order valence-electron chi connectivity index (χ3n) is 5.06. The van der Waals surface area contributed by atoms with Gasteiger partial charge in [0.15, 0.2) is 5.69 Å². The highest BCUT2D eigenvalue weighted by Gasteiger charge is 2.38. The Bertz CT molecular complexity index is 1380. The Labute approximate surface area is 226 Å². The molecule has 3 aromatic rings. The van der Waals surface area contributed by atoms with E-state index >= 15 is 0 Å². The van der Waals surface area contributed by atoms with Gasteiger partial charge in [-0.15, -0.1) is 0 Å². The number of carbonyl (C=O) groups excluding carboxylic acids is 1. The minimum Gasteiger partial charge on any atom is -0.405 e. The highest BCUT2D eigenvalue weighted by molar-refractivity contribution is 14.1. The van der Waals surface area contributed by atoms with Crippen LogP contribution in [0, 0.1) is 10.8 Å². The maximum atomic E-state index is 13.3. The van der Waals surface area contributed by atoms with Gasteiger partial charge in [0.25, 0.3) is 11.9 Å². The number of benzodiazepines with no additional fused rings is 1. The van der Waals surface area contributed by atoms with Crippen LogP contribution in [-0.2, 0) is 15.7 Å². The second kappa shape index (κ2) is 10.8. The highest BCUT2D eigenvalue weighted by atomic mass is 127. The van der Waals surface area contributed by atoms with E-state index in [1.807, 2.05) is 52.9 Å². The zero-order chi connectivity index (χ0) is 26.7. The molecule has 4 rings (SSSR count). The number of carbonyl (C=O) groups is 1. The minimum atomic E-state index is -4.70. The molecule has 9 nitrogen and oxygen atoms in total. The molecule has 0 aliphatic carbocycles. The lowest BCUT2D eigenvalue weighted by Gasteiger charge is -2.17. The number of amides is 1. The number of para-hydroxylation sites is 1. The standard InChI is InChI=1S/C23H19F3IN7O2S/c1-34(11-27)20-16(32-21(37-20)23(24,25)26)17(28)36-22(29)33-18-19(35)30-14-10-6-5-9-13(14)15(31-18)12-7-3-2-4-8-12/h2-10,18,28H,11H2,1H3,(H2,29,33)(H,30,35)/t18-/m1/s1. The van der Waals surface area contributed by atoms with Crippen molar-refractivity contribution in [3.05, 3.63) is 76.4 Å². The van der Waals surface area contributed by atoms with Crippen molar-refractivity contribution in [1.29, 1.82) is 10.8 Å². The van der Waals surface area contributed by atoms with Gasteiger partial charge in [0, 0.05) is 18.2 Å². The fraction of sp³-hybridized carbons (Fsp3) is 0.174. The van der Waals surface area contributed by atoms with Crippen LogP contribution in [0.1, 0.15) is 21.8 Å². The van der Waals surface area contributed by atoms with Crippen molar-refractivity contribution in [2.45, 2.75) is 12.3 Å². The van der Waals surface area contributed by atoms with Gasteiger partial charge in [-0.25, -0.2) is 9.98 Å². The first-order valence-electron chi connectivity index (χ1n) is 10.6. The van der Waals surface area contributed by atoms with Crippen LogP contribution in [0.15, 0.2) is 59.6 Å². The summed E-state index contributed by atoms with van der Waals surface area (Å²) >= 11 is 2.33. The summed E-state index contributed by atoms with van der Waals surface area (Å²) in [5, 5.41) is 20.5. The van der Waals surface area contributed by atoms with E-state index in [1.165, 1.54) is 4.90 Å². The number of hydrogen-bond acceptors (Lipinski definition) is 8. The lowest BCUT2D eigenvalue weighted by Crippen LogP contribution is -2.43. The zero-order valence-corrected chi connectivity index (χ0v) is 22.0. The number of aromatic nitrogens is 1. The van der Waals surface area contributed by atoms with Crippen molar-refractivity contribution >= 4 is 68.2 Å². The molecule has 14 heteroatoms. The number of nitrogens with one attached hydrogen (secondary N) is 4. The molecule has 1 amide bonds. The number of alkyl halides is 4. The number of thiazole rings is 1. The van der Waals surface area contributed by atoms with Gasteiger partial charge >= 0.3 is 6.18 Å². The molecule has 4 N–H and O–H groups in total. The molecular weight excluding hydrogens is 622 g/mol. The molecule has 0 unspecified atom stereocenters. The van der Waals surface area contributed by atoms with Crippen molar-refractivity contribution in [1.82, 2.24) is 10.3 Å². The Hall–Kier alpha value is -3.53. The largest absolute Gasteiger partial charge is 0.443 e. The number of ether oxygens (including phenoxy) is 1. The summed E-state index contributed by atoms with van der Waals surface area (Å²) in [5.74, 6) is -1.36. The molecule has 1 aromatic heterocycles. The number of benzene rings is 2. The average molecular weight is 641 g/mol. The lowest BCUT2D eigenvalue weighted by atomic mass is 10.0. The van der Waals surface area contributed by atoms with Gasteiger partial charge in [0.2, 0.25) is 17.1 Å². The first-order chi connectivity index (χ1) is 17.6. The third-order valence-corrected chi connectivity index (χ3v) is 7.30. The average Bonchev–Trinajstić information content (AvgIpc) is 3.28. The monoisotopic (exact) mass is 641 g/mol. The van der Waals surface area contributed by atoms with Crippen molar-refractivity contribution in [2.24, 2.45) is 4.99 Å². The predicted molar refractivity (Wildman–Crippen MR) is 144 cm³/mol. The van der Waals surface area contributed by atoms with Crippen LogP contribution < -0.4 is 15.5 Å². The normalized spacial score (nSPS) is 15.1. The predicted octanol–water partition coefficient (Wildman–Crippen LogP) is 4.67. The Kier molecular flexibility index (Phi) is 7.77. The van der Waals surface area contributed by atoms with Crippen molar-refractivity contribution in [3.63, 3.8) is 0 Å². The quantitative estimate of drug-likeness (QED) is 0.106.